The molecular weight excluding hydrogens is 427 g/mol. The maximum Gasteiger partial charge on any atom is 0.407 e. The zero-order valence-electron chi connectivity index (χ0n) is 14.6. The summed E-state index contributed by atoms with van der Waals surface area (Å²) < 4.78 is 40.0. The second-order valence-electron chi connectivity index (χ2n) is 7.13. The Balaban J connectivity index is 2.35. The zero-order valence-corrected chi connectivity index (χ0v) is 17.0. The molecule has 0 aliphatic heterocycles. The highest BCUT2D eigenvalue weighted by Gasteiger charge is 2.24. The van der Waals surface area contributed by atoms with Crippen molar-refractivity contribution in [2.24, 2.45) is 5.41 Å². The Labute approximate surface area is 160 Å². The Morgan fingerprint density at radius 1 is 1.31 bits per heavy atom. The molecule has 0 spiro atoms. The smallest absolute Gasteiger partial charge is 0.407 e. The van der Waals surface area contributed by atoms with Crippen LogP contribution in [0.5, 0.6) is 0 Å². The molecular formula is C17H20BrFN2O4S. The molecule has 2 aromatic rings. The molecule has 0 aliphatic rings. The van der Waals surface area contributed by atoms with E-state index in [0.717, 1.165) is 16.1 Å². The van der Waals surface area contributed by atoms with E-state index in [4.69, 9.17) is 0 Å². The lowest BCUT2D eigenvalue weighted by Crippen LogP contribution is -2.36. The van der Waals surface area contributed by atoms with Gasteiger partial charge in [-0.1, -0.05) is 26.8 Å². The minimum absolute atomic E-state index is 0.0386. The van der Waals surface area contributed by atoms with Crippen LogP contribution in [0, 0.1) is 11.2 Å². The van der Waals surface area contributed by atoms with Gasteiger partial charge in [-0.2, -0.15) is 0 Å². The van der Waals surface area contributed by atoms with Crippen LogP contribution in [0.15, 0.2) is 46.0 Å². The van der Waals surface area contributed by atoms with E-state index in [-0.39, 0.29) is 21.5 Å². The molecule has 142 valence electrons. The van der Waals surface area contributed by atoms with Crippen LogP contribution in [-0.2, 0) is 16.6 Å². The molecule has 26 heavy (non-hydrogen) atoms. The molecule has 0 bridgehead atoms. The minimum Gasteiger partial charge on any atom is -0.465 e. The first kappa shape index (κ1) is 20.4. The first-order valence-corrected chi connectivity index (χ1v) is 9.99. The van der Waals surface area contributed by atoms with Crippen LogP contribution in [0.2, 0.25) is 0 Å². The highest BCUT2D eigenvalue weighted by molar-refractivity contribution is 9.10. The van der Waals surface area contributed by atoms with E-state index in [1.54, 1.807) is 0 Å². The molecule has 9 heteroatoms. The van der Waals surface area contributed by atoms with Crippen LogP contribution in [0.3, 0.4) is 0 Å². The molecule has 0 saturated heterocycles. The van der Waals surface area contributed by atoms with Crippen molar-refractivity contribution in [2.45, 2.75) is 32.2 Å². The molecule has 0 atom stereocenters. The summed E-state index contributed by atoms with van der Waals surface area (Å²) >= 11 is 3.18. The molecule has 0 saturated carbocycles. The third-order valence-electron chi connectivity index (χ3n) is 3.46. The van der Waals surface area contributed by atoms with E-state index in [1.165, 1.54) is 29.3 Å². The van der Waals surface area contributed by atoms with Crippen LogP contribution in [0.4, 0.5) is 9.18 Å². The number of hydrogen-bond donors (Lipinski definition) is 1. The quantitative estimate of drug-likeness (QED) is 0.747. The third-order valence-corrected chi connectivity index (χ3v) is 5.98. The number of carbonyl (C=O) groups is 1. The van der Waals surface area contributed by atoms with Gasteiger partial charge < -0.3 is 10.0 Å². The van der Waals surface area contributed by atoms with Gasteiger partial charge in [0, 0.05) is 12.7 Å². The molecule has 0 aliphatic carbocycles. The summed E-state index contributed by atoms with van der Waals surface area (Å²) in [6.07, 6.45) is 0.250. The summed E-state index contributed by atoms with van der Waals surface area (Å²) in [5, 5.41) is 9.39. The van der Waals surface area contributed by atoms with Crippen molar-refractivity contribution in [1.29, 1.82) is 0 Å². The summed E-state index contributed by atoms with van der Waals surface area (Å²) in [7, 11) is -4.00. The summed E-state index contributed by atoms with van der Waals surface area (Å²) in [4.78, 5) is 12.5. The number of nitrogens with zero attached hydrogens (tertiary/aromatic N) is 2. The lowest BCUT2D eigenvalue weighted by atomic mass is 9.96. The van der Waals surface area contributed by atoms with Gasteiger partial charge in [-0.15, -0.1) is 0 Å². The van der Waals surface area contributed by atoms with Crippen molar-refractivity contribution in [2.75, 3.05) is 6.54 Å². The van der Waals surface area contributed by atoms with Gasteiger partial charge in [-0.05, 0) is 51.2 Å². The summed E-state index contributed by atoms with van der Waals surface area (Å²) in [6, 6.07) is 6.25. The van der Waals surface area contributed by atoms with Crippen LogP contribution in [0.1, 0.15) is 26.3 Å². The monoisotopic (exact) mass is 446 g/mol. The van der Waals surface area contributed by atoms with Gasteiger partial charge in [0.1, 0.15) is 10.4 Å². The van der Waals surface area contributed by atoms with Gasteiger partial charge in [-0.3, -0.25) is 0 Å². The van der Waals surface area contributed by atoms with Gasteiger partial charge in [0.05, 0.1) is 11.4 Å². The topological polar surface area (TPSA) is 79.6 Å². The number of carboxylic acid groups (broad SMARTS) is 1. The van der Waals surface area contributed by atoms with Crippen LogP contribution < -0.4 is 0 Å². The van der Waals surface area contributed by atoms with Gasteiger partial charge in [0.25, 0.3) is 10.0 Å². The third kappa shape index (κ3) is 4.85. The summed E-state index contributed by atoms with van der Waals surface area (Å²) in [5.74, 6) is -0.656. The number of aromatic nitrogens is 1. The lowest BCUT2D eigenvalue weighted by Gasteiger charge is -2.27. The molecule has 1 aromatic heterocycles. The summed E-state index contributed by atoms with van der Waals surface area (Å²) in [5.41, 5.74) is 0.259. The highest BCUT2D eigenvalue weighted by atomic mass is 79.9. The number of benzene rings is 1. The van der Waals surface area contributed by atoms with Crippen molar-refractivity contribution in [3.05, 3.63) is 52.5 Å². The molecule has 1 N–H and O–H groups in total. The standard InChI is InChI=1S/C17H20BrFN2O4S/c1-17(2,3)11-20(16(22)23)9-12-7-15(18)21(10-12)26(24,25)14-6-4-5-13(19)8-14/h4-8,10H,9,11H2,1-3H3,(H,22,23). The van der Waals surface area contributed by atoms with Gasteiger partial charge >= 0.3 is 6.09 Å². The van der Waals surface area contributed by atoms with Gasteiger partial charge in [0.2, 0.25) is 0 Å². The molecule has 6 nitrogen and oxygen atoms in total. The van der Waals surface area contributed by atoms with Gasteiger partial charge in [-0.25, -0.2) is 21.6 Å². The Kier molecular flexibility index (Phi) is 5.82. The Hall–Kier alpha value is -1.87. The molecule has 0 unspecified atom stereocenters. The number of hydrogen-bond acceptors (Lipinski definition) is 3. The van der Waals surface area contributed by atoms with Crippen LogP contribution >= 0.6 is 15.9 Å². The fourth-order valence-electron chi connectivity index (χ4n) is 2.46. The van der Waals surface area contributed by atoms with E-state index in [1.807, 2.05) is 20.8 Å². The maximum atomic E-state index is 13.4. The fourth-order valence-corrected chi connectivity index (χ4v) is 4.73. The second kappa shape index (κ2) is 7.40. The van der Waals surface area contributed by atoms with Crippen molar-refractivity contribution in [3.8, 4) is 0 Å². The van der Waals surface area contributed by atoms with Crippen molar-refractivity contribution >= 4 is 32.0 Å². The van der Waals surface area contributed by atoms with Crippen LogP contribution in [-0.4, -0.2) is 35.0 Å². The molecule has 1 amide bonds. The normalized spacial score (nSPS) is 12.2. The second-order valence-corrected chi connectivity index (χ2v) is 9.76. The SMILES string of the molecule is CC(C)(C)CN(Cc1cc(Br)n(S(=O)(=O)c2cccc(F)c2)c1)C(=O)O. The number of rotatable bonds is 5. The van der Waals surface area contributed by atoms with E-state index in [2.05, 4.69) is 15.9 Å². The first-order valence-electron chi connectivity index (χ1n) is 7.76. The number of halogens is 2. The van der Waals surface area contributed by atoms with Crippen molar-refractivity contribution in [3.63, 3.8) is 0 Å². The fraction of sp³-hybridized carbons (Fsp3) is 0.353. The van der Waals surface area contributed by atoms with E-state index in [9.17, 15) is 22.7 Å². The van der Waals surface area contributed by atoms with Crippen molar-refractivity contribution < 1.29 is 22.7 Å². The zero-order chi connectivity index (χ0) is 19.7. The van der Waals surface area contributed by atoms with E-state index in [0.29, 0.717) is 12.1 Å². The highest BCUT2D eigenvalue weighted by Crippen LogP contribution is 2.25. The number of amides is 1. The molecule has 1 heterocycles. The predicted molar refractivity (Wildman–Crippen MR) is 99.0 cm³/mol. The Morgan fingerprint density at radius 2 is 1.96 bits per heavy atom. The maximum absolute atomic E-state index is 13.4. The molecule has 1 aromatic carbocycles. The molecule has 0 fully saturated rings. The molecule has 0 radical (unpaired) electrons. The lowest BCUT2D eigenvalue weighted by molar-refractivity contribution is 0.123. The van der Waals surface area contributed by atoms with E-state index >= 15 is 0 Å². The largest absolute Gasteiger partial charge is 0.465 e. The Morgan fingerprint density at radius 3 is 2.50 bits per heavy atom. The average molecular weight is 447 g/mol. The minimum atomic E-state index is -4.00. The Bertz CT molecular complexity index is 919. The van der Waals surface area contributed by atoms with Crippen molar-refractivity contribution in [1.82, 2.24) is 8.87 Å². The first-order chi connectivity index (χ1) is 11.9. The summed E-state index contributed by atoms with van der Waals surface area (Å²) in [6.45, 7) is 6.08. The average Bonchev–Trinajstić information content (AvgIpc) is 2.86. The van der Waals surface area contributed by atoms with Crippen LogP contribution in [0.25, 0.3) is 0 Å². The van der Waals surface area contributed by atoms with Gasteiger partial charge in [0.15, 0.2) is 0 Å². The van der Waals surface area contributed by atoms with E-state index < -0.39 is 21.9 Å². The molecule has 2 rings (SSSR count). The predicted octanol–water partition coefficient (Wildman–Crippen LogP) is 4.15.